The van der Waals surface area contributed by atoms with Gasteiger partial charge in [-0.1, -0.05) is 54.9 Å². The summed E-state index contributed by atoms with van der Waals surface area (Å²) in [7, 11) is 0. The molecule has 1 amide bonds. The van der Waals surface area contributed by atoms with Gasteiger partial charge in [0.25, 0.3) is 5.56 Å². The van der Waals surface area contributed by atoms with E-state index in [1.54, 1.807) is 10.6 Å². The maximum atomic E-state index is 12.9. The van der Waals surface area contributed by atoms with E-state index >= 15 is 0 Å². The molecule has 0 radical (unpaired) electrons. The molecule has 0 aliphatic rings. The van der Waals surface area contributed by atoms with E-state index in [0.29, 0.717) is 22.6 Å². The fraction of sp³-hybridized carbons (Fsp3) is 0.348. The average Bonchev–Trinajstić information content (AvgIpc) is 2.68. The van der Waals surface area contributed by atoms with Crippen molar-refractivity contribution in [1.82, 2.24) is 9.55 Å². The summed E-state index contributed by atoms with van der Waals surface area (Å²) < 4.78 is 1.70. The number of nitrogens with one attached hydrogen (secondary N) is 1. The second-order valence-electron chi connectivity index (χ2n) is 7.33. The number of hydrogen-bond donors (Lipinski definition) is 1. The molecule has 6 heteroatoms. The van der Waals surface area contributed by atoms with E-state index in [9.17, 15) is 9.59 Å². The zero-order valence-corrected chi connectivity index (χ0v) is 18.2. The van der Waals surface area contributed by atoms with Crippen LogP contribution in [0, 0.1) is 20.8 Å². The smallest absolute Gasteiger partial charge is 0.262 e. The summed E-state index contributed by atoms with van der Waals surface area (Å²) in [6.07, 6.45) is 1.87. The second-order valence-corrected chi connectivity index (χ2v) is 8.27. The van der Waals surface area contributed by atoms with E-state index < -0.39 is 0 Å². The molecule has 5 nitrogen and oxygen atoms in total. The van der Waals surface area contributed by atoms with Crippen molar-refractivity contribution in [1.29, 1.82) is 0 Å². The molecule has 0 aliphatic heterocycles. The normalized spacial score (nSPS) is 11.0. The highest BCUT2D eigenvalue weighted by molar-refractivity contribution is 7.99. The van der Waals surface area contributed by atoms with Gasteiger partial charge in [-0.3, -0.25) is 14.2 Å². The van der Waals surface area contributed by atoms with Crippen LogP contribution in [0.1, 0.15) is 36.5 Å². The molecule has 152 valence electrons. The number of thioether (sulfide) groups is 1. The average molecular weight is 410 g/mol. The Balaban J connectivity index is 1.82. The monoisotopic (exact) mass is 409 g/mol. The number of carbonyl (C=O) groups excluding carboxylic acids is 1. The number of benzene rings is 2. The molecular formula is C23H27N3O2S. The highest BCUT2D eigenvalue weighted by Crippen LogP contribution is 2.23. The van der Waals surface area contributed by atoms with Crippen LogP contribution in [0.25, 0.3) is 10.9 Å². The second kappa shape index (κ2) is 9.27. The van der Waals surface area contributed by atoms with Gasteiger partial charge in [-0.2, -0.15) is 0 Å². The summed E-state index contributed by atoms with van der Waals surface area (Å²) in [5.74, 6) is 0.0958. The summed E-state index contributed by atoms with van der Waals surface area (Å²) in [5, 5.41) is 4.22. The Morgan fingerprint density at radius 1 is 1.14 bits per heavy atom. The van der Waals surface area contributed by atoms with Crippen molar-refractivity contribution in [2.75, 3.05) is 11.1 Å². The Hall–Kier alpha value is -2.60. The lowest BCUT2D eigenvalue weighted by Crippen LogP contribution is -2.24. The Labute approximate surface area is 175 Å². The van der Waals surface area contributed by atoms with Gasteiger partial charge in [0, 0.05) is 12.2 Å². The number of nitrogens with zero attached hydrogens (tertiary/aromatic N) is 2. The predicted molar refractivity (Wildman–Crippen MR) is 121 cm³/mol. The fourth-order valence-electron chi connectivity index (χ4n) is 3.45. The van der Waals surface area contributed by atoms with Gasteiger partial charge in [-0.25, -0.2) is 4.98 Å². The highest BCUT2D eigenvalue weighted by atomic mass is 32.2. The number of rotatable bonds is 7. The molecule has 3 rings (SSSR count). The molecule has 0 unspecified atom stereocenters. The van der Waals surface area contributed by atoms with Gasteiger partial charge >= 0.3 is 0 Å². The van der Waals surface area contributed by atoms with E-state index in [1.807, 2.05) is 39.0 Å². The van der Waals surface area contributed by atoms with Crippen molar-refractivity contribution < 1.29 is 4.79 Å². The van der Waals surface area contributed by atoms with Gasteiger partial charge in [0.2, 0.25) is 5.91 Å². The first-order chi connectivity index (χ1) is 13.9. The third kappa shape index (κ3) is 4.88. The van der Waals surface area contributed by atoms with Gasteiger partial charge in [0.15, 0.2) is 5.16 Å². The lowest BCUT2D eigenvalue weighted by atomic mass is 10.1. The highest BCUT2D eigenvalue weighted by Gasteiger charge is 2.14. The third-order valence-corrected chi connectivity index (χ3v) is 5.81. The van der Waals surface area contributed by atoms with Crippen LogP contribution in [-0.2, 0) is 11.3 Å². The Morgan fingerprint density at radius 2 is 1.83 bits per heavy atom. The van der Waals surface area contributed by atoms with Crippen LogP contribution in [-0.4, -0.2) is 21.2 Å². The summed E-state index contributed by atoms with van der Waals surface area (Å²) in [6, 6.07) is 11.5. The van der Waals surface area contributed by atoms with Crippen LogP contribution in [0.2, 0.25) is 0 Å². The Kier molecular flexibility index (Phi) is 6.75. The molecule has 0 atom stereocenters. The first kappa shape index (κ1) is 21.1. The maximum Gasteiger partial charge on any atom is 0.262 e. The predicted octanol–water partition coefficient (Wildman–Crippen LogP) is 4.85. The van der Waals surface area contributed by atoms with Crippen LogP contribution in [0.5, 0.6) is 0 Å². The molecule has 0 aliphatic carbocycles. The van der Waals surface area contributed by atoms with Crippen LogP contribution in [0.15, 0.2) is 46.3 Å². The number of anilines is 1. The zero-order chi connectivity index (χ0) is 21.0. The van der Waals surface area contributed by atoms with Crippen LogP contribution >= 0.6 is 11.8 Å². The SMILES string of the molecule is CCCCn1c(SCC(=O)Nc2c(C)cc(C)cc2C)nc2ccccc2c1=O. The van der Waals surface area contributed by atoms with E-state index in [4.69, 9.17) is 0 Å². The van der Waals surface area contributed by atoms with E-state index in [2.05, 4.69) is 29.4 Å². The largest absolute Gasteiger partial charge is 0.325 e. The number of fused-ring (bicyclic) bond motifs is 1. The number of unbranched alkanes of at least 4 members (excludes halogenated alkanes) is 1. The van der Waals surface area contributed by atoms with Crippen LogP contribution in [0.3, 0.4) is 0 Å². The minimum Gasteiger partial charge on any atom is -0.325 e. The van der Waals surface area contributed by atoms with E-state index in [-0.39, 0.29) is 17.2 Å². The molecule has 1 N–H and O–H groups in total. The quantitative estimate of drug-likeness (QED) is 0.447. The van der Waals surface area contributed by atoms with Crippen molar-refractivity contribution in [3.63, 3.8) is 0 Å². The van der Waals surface area contributed by atoms with Crippen molar-refractivity contribution in [2.45, 2.75) is 52.2 Å². The van der Waals surface area contributed by atoms with E-state index in [0.717, 1.165) is 29.7 Å². The molecule has 2 aromatic carbocycles. The van der Waals surface area contributed by atoms with Gasteiger partial charge in [-0.15, -0.1) is 0 Å². The number of para-hydroxylation sites is 1. The fourth-order valence-corrected chi connectivity index (χ4v) is 4.28. The molecule has 0 saturated carbocycles. The molecular weight excluding hydrogens is 382 g/mol. The Bertz CT molecular complexity index is 1080. The summed E-state index contributed by atoms with van der Waals surface area (Å²) >= 11 is 1.31. The number of amides is 1. The molecule has 3 aromatic rings. The first-order valence-electron chi connectivity index (χ1n) is 9.90. The molecule has 1 aromatic heterocycles. The zero-order valence-electron chi connectivity index (χ0n) is 17.4. The van der Waals surface area contributed by atoms with Gasteiger partial charge in [-0.05, 0) is 50.5 Å². The lowest BCUT2D eigenvalue weighted by Gasteiger charge is -2.14. The molecule has 0 fully saturated rings. The molecule has 29 heavy (non-hydrogen) atoms. The van der Waals surface area contributed by atoms with E-state index in [1.165, 1.54) is 17.3 Å². The summed E-state index contributed by atoms with van der Waals surface area (Å²) in [5.41, 5.74) is 4.74. The maximum absolute atomic E-state index is 12.9. The number of aryl methyl sites for hydroxylation is 3. The van der Waals surface area contributed by atoms with Crippen LogP contribution in [0.4, 0.5) is 5.69 Å². The Morgan fingerprint density at radius 3 is 2.52 bits per heavy atom. The minimum atomic E-state index is -0.102. The summed E-state index contributed by atoms with van der Waals surface area (Å²) in [6.45, 7) is 8.73. The number of hydrogen-bond acceptors (Lipinski definition) is 4. The van der Waals surface area contributed by atoms with Crippen LogP contribution < -0.4 is 10.9 Å². The summed E-state index contributed by atoms with van der Waals surface area (Å²) in [4.78, 5) is 30.2. The minimum absolute atomic E-state index is 0.0443. The molecule has 1 heterocycles. The molecule has 0 saturated heterocycles. The van der Waals surface area contributed by atoms with Crippen molar-refractivity contribution in [3.8, 4) is 0 Å². The lowest BCUT2D eigenvalue weighted by molar-refractivity contribution is -0.113. The van der Waals surface area contributed by atoms with Crippen molar-refractivity contribution in [3.05, 3.63) is 63.4 Å². The number of carbonyl (C=O) groups is 1. The van der Waals surface area contributed by atoms with Crippen molar-refractivity contribution in [2.24, 2.45) is 0 Å². The first-order valence-corrected chi connectivity index (χ1v) is 10.9. The van der Waals surface area contributed by atoms with Gasteiger partial charge in [0.1, 0.15) is 0 Å². The number of aromatic nitrogens is 2. The molecule has 0 bridgehead atoms. The topological polar surface area (TPSA) is 64.0 Å². The molecule has 0 spiro atoms. The standard InChI is InChI=1S/C23H27N3O2S/c1-5-6-11-26-22(28)18-9-7-8-10-19(18)24-23(26)29-14-20(27)25-21-16(3)12-15(2)13-17(21)4/h7-10,12-13H,5-6,11,14H2,1-4H3,(H,25,27). The van der Waals surface area contributed by atoms with Crippen molar-refractivity contribution >= 4 is 34.3 Å². The third-order valence-electron chi connectivity index (χ3n) is 4.84. The van der Waals surface area contributed by atoms with Gasteiger partial charge in [0.05, 0.1) is 16.7 Å². The van der Waals surface area contributed by atoms with Gasteiger partial charge < -0.3 is 5.32 Å².